The van der Waals surface area contributed by atoms with Crippen LogP contribution in [0, 0.1) is 13.8 Å². The molecular weight excluding hydrogens is 474 g/mol. The van der Waals surface area contributed by atoms with Crippen molar-refractivity contribution < 1.29 is 18.0 Å². The topological polar surface area (TPSA) is 104 Å². The van der Waals surface area contributed by atoms with Crippen molar-refractivity contribution in [1.82, 2.24) is 0 Å². The molecule has 0 saturated carbocycles. The molecule has 0 saturated heterocycles. The van der Waals surface area contributed by atoms with Crippen LogP contribution in [0.4, 0.5) is 17.1 Å². The highest BCUT2D eigenvalue weighted by molar-refractivity contribution is 7.92. The van der Waals surface area contributed by atoms with Crippen LogP contribution in [0.1, 0.15) is 31.8 Å². The number of carbonyl (C=O) groups is 2. The SMILES string of the molecule is Cc1ccc(C)c(S(=O)(=O)Nc2ccc(C(=O)Nc3cccc(NC(=O)c4ccccc4)c3)cc2)c1. The van der Waals surface area contributed by atoms with Crippen LogP contribution in [0.25, 0.3) is 0 Å². The molecule has 0 fully saturated rings. The van der Waals surface area contributed by atoms with E-state index >= 15 is 0 Å². The molecule has 0 spiro atoms. The van der Waals surface area contributed by atoms with Gasteiger partial charge < -0.3 is 10.6 Å². The first-order chi connectivity index (χ1) is 17.2. The van der Waals surface area contributed by atoms with Crippen molar-refractivity contribution >= 4 is 38.9 Å². The molecule has 0 atom stereocenters. The fourth-order valence-electron chi connectivity index (χ4n) is 3.57. The molecule has 3 N–H and O–H groups in total. The molecule has 2 amide bonds. The van der Waals surface area contributed by atoms with E-state index in [2.05, 4.69) is 15.4 Å². The second kappa shape index (κ2) is 10.5. The number of anilines is 3. The third-order valence-corrected chi connectivity index (χ3v) is 6.97. The molecule has 4 rings (SSSR count). The number of benzene rings is 4. The van der Waals surface area contributed by atoms with Gasteiger partial charge in [-0.1, -0.05) is 36.4 Å². The Balaban J connectivity index is 1.42. The summed E-state index contributed by atoms with van der Waals surface area (Å²) in [6, 6.07) is 27.0. The summed E-state index contributed by atoms with van der Waals surface area (Å²) in [6.07, 6.45) is 0. The molecule has 4 aromatic carbocycles. The summed E-state index contributed by atoms with van der Waals surface area (Å²) in [7, 11) is -3.77. The third kappa shape index (κ3) is 5.97. The van der Waals surface area contributed by atoms with Gasteiger partial charge in [-0.15, -0.1) is 0 Å². The van der Waals surface area contributed by atoms with Crippen LogP contribution in [0.3, 0.4) is 0 Å². The minimum absolute atomic E-state index is 0.212. The molecule has 0 aliphatic rings. The Kier molecular flexibility index (Phi) is 7.17. The lowest BCUT2D eigenvalue weighted by Crippen LogP contribution is -2.15. The zero-order valence-electron chi connectivity index (χ0n) is 19.8. The third-order valence-electron chi connectivity index (χ3n) is 5.45. The number of nitrogens with one attached hydrogen (secondary N) is 3. The van der Waals surface area contributed by atoms with Crippen molar-refractivity contribution in [3.63, 3.8) is 0 Å². The Morgan fingerprint density at radius 1 is 0.611 bits per heavy atom. The summed E-state index contributed by atoms with van der Waals surface area (Å²) in [4.78, 5) is 25.3. The standard InChI is InChI=1S/C28H25N3O4S/c1-19-11-12-20(2)26(17-19)36(34,35)31-23-15-13-22(14-16-23)28(33)30-25-10-6-9-24(18-25)29-27(32)21-7-4-3-5-8-21/h3-18,31H,1-2H3,(H,29,32)(H,30,33). The Morgan fingerprint density at radius 2 is 1.19 bits per heavy atom. The number of rotatable bonds is 7. The molecule has 0 bridgehead atoms. The van der Waals surface area contributed by atoms with E-state index in [1.54, 1.807) is 67.6 Å². The van der Waals surface area contributed by atoms with Gasteiger partial charge in [-0.3, -0.25) is 14.3 Å². The van der Waals surface area contributed by atoms with E-state index in [-0.39, 0.29) is 16.7 Å². The van der Waals surface area contributed by atoms with Gasteiger partial charge in [-0.05, 0) is 85.6 Å². The summed E-state index contributed by atoms with van der Waals surface area (Å²) < 4.78 is 28.2. The van der Waals surface area contributed by atoms with Gasteiger partial charge in [0.1, 0.15) is 0 Å². The zero-order valence-corrected chi connectivity index (χ0v) is 20.6. The second-order valence-corrected chi connectivity index (χ2v) is 9.96. The average Bonchev–Trinajstić information content (AvgIpc) is 2.86. The molecule has 0 aromatic heterocycles. The van der Waals surface area contributed by atoms with E-state index < -0.39 is 10.0 Å². The normalized spacial score (nSPS) is 10.9. The predicted molar refractivity (Wildman–Crippen MR) is 142 cm³/mol. The van der Waals surface area contributed by atoms with Crippen molar-refractivity contribution in [2.75, 3.05) is 15.4 Å². The van der Waals surface area contributed by atoms with Gasteiger partial charge in [-0.2, -0.15) is 0 Å². The Labute approximate surface area is 210 Å². The highest BCUT2D eigenvalue weighted by atomic mass is 32.2. The smallest absolute Gasteiger partial charge is 0.262 e. The lowest BCUT2D eigenvalue weighted by Gasteiger charge is -2.12. The van der Waals surface area contributed by atoms with Crippen LogP contribution >= 0.6 is 0 Å². The van der Waals surface area contributed by atoms with Crippen molar-refractivity contribution in [1.29, 1.82) is 0 Å². The van der Waals surface area contributed by atoms with E-state index in [9.17, 15) is 18.0 Å². The number of amides is 2. The van der Waals surface area contributed by atoms with Crippen LogP contribution in [0.2, 0.25) is 0 Å². The molecule has 0 radical (unpaired) electrons. The van der Waals surface area contributed by atoms with Gasteiger partial charge in [0.25, 0.3) is 21.8 Å². The predicted octanol–water partition coefficient (Wildman–Crippen LogP) is 5.61. The lowest BCUT2D eigenvalue weighted by molar-refractivity contribution is 0.101. The summed E-state index contributed by atoms with van der Waals surface area (Å²) in [5.41, 5.74) is 3.76. The lowest BCUT2D eigenvalue weighted by atomic mass is 10.2. The maximum absolute atomic E-state index is 12.8. The summed E-state index contributed by atoms with van der Waals surface area (Å²) in [6.45, 7) is 3.57. The number of sulfonamides is 1. The molecule has 4 aromatic rings. The summed E-state index contributed by atoms with van der Waals surface area (Å²) in [5, 5.41) is 5.60. The van der Waals surface area contributed by atoms with Gasteiger partial charge in [0.05, 0.1) is 4.90 Å². The Bertz CT molecular complexity index is 1520. The molecule has 0 unspecified atom stereocenters. The van der Waals surface area contributed by atoms with Gasteiger partial charge in [0.2, 0.25) is 0 Å². The van der Waals surface area contributed by atoms with E-state index in [1.165, 1.54) is 24.3 Å². The first kappa shape index (κ1) is 24.7. The van der Waals surface area contributed by atoms with Gasteiger partial charge in [0.15, 0.2) is 0 Å². The van der Waals surface area contributed by atoms with E-state index in [0.717, 1.165) is 5.56 Å². The fourth-order valence-corrected chi connectivity index (χ4v) is 4.96. The van der Waals surface area contributed by atoms with Gasteiger partial charge in [-0.25, -0.2) is 8.42 Å². The van der Waals surface area contributed by atoms with Crippen molar-refractivity contribution in [3.05, 3.63) is 119 Å². The monoisotopic (exact) mass is 499 g/mol. The molecule has 0 aliphatic heterocycles. The minimum Gasteiger partial charge on any atom is -0.322 e. The largest absolute Gasteiger partial charge is 0.322 e. The first-order valence-corrected chi connectivity index (χ1v) is 12.7. The van der Waals surface area contributed by atoms with Crippen molar-refractivity contribution in [2.45, 2.75) is 18.7 Å². The van der Waals surface area contributed by atoms with Crippen LogP contribution in [-0.4, -0.2) is 20.2 Å². The average molecular weight is 500 g/mol. The van der Waals surface area contributed by atoms with E-state index in [1.807, 2.05) is 19.1 Å². The van der Waals surface area contributed by atoms with E-state index in [4.69, 9.17) is 0 Å². The van der Waals surface area contributed by atoms with Crippen LogP contribution in [-0.2, 0) is 10.0 Å². The molecule has 7 nitrogen and oxygen atoms in total. The minimum atomic E-state index is -3.77. The summed E-state index contributed by atoms with van der Waals surface area (Å²) in [5.74, 6) is -0.622. The first-order valence-electron chi connectivity index (χ1n) is 11.2. The van der Waals surface area contributed by atoms with Crippen LogP contribution < -0.4 is 15.4 Å². The van der Waals surface area contributed by atoms with Crippen molar-refractivity contribution in [2.24, 2.45) is 0 Å². The quantitative estimate of drug-likeness (QED) is 0.307. The van der Waals surface area contributed by atoms with Crippen molar-refractivity contribution in [3.8, 4) is 0 Å². The number of hydrogen-bond donors (Lipinski definition) is 3. The Morgan fingerprint density at radius 3 is 1.81 bits per heavy atom. The molecule has 36 heavy (non-hydrogen) atoms. The zero-order chi connectivity index (χ0) is 25.7. The number of carbonyl (C=O) groups excluding carboxylic acids is 2. The molecule has 0 aliphatic carbocycles. The van der Waals surface area contributed by atoms with Gasteiger partial charge in [0, 0.05) is 28.2 Å². The highest BCUT2D eigenvalue weighted by Crippen LogP contribution is 2.22. The molecule has 182 valence electrons. The maximum Gasteiger partial charge on any atom is 0.262 e. The molecular formula is C28H25N3O4S. The van der Waals surface area contributed by atoms with E-state index in [0.29, 0.717) is 33.8 Å². The summed E-state index contributed by atoms with van der Waals surface area (Å²) >= 11 is 0. The fraction of sp³-hybridized carbons (Fsp3) is 0.0714. The number of hydrogen-bond acceptors (Lipinski definition) is 4. The van der Waals surface area contributed by atoms with Crippen LogP contribution in [0.15, 0.2) is 102 Å². The molecule has 8 heteroatoms. The van der Waals surface area contributed by atoms with Gasteiger partial charge >= 0.3 is 0 Å². The molecule has 0 heterocycles. The maximum atomic E-state index is 12.8. The highest BCUT2D eigenvalue weighted by Gasteiger charge is 2.17. The second-order valence-electron chi connectivity index (χ2n) is 8.31. The van der Waals surface area contributed by atoms with Crippen LogP contribution in [0.5, 0.6) is 0 Å². The number of aryl methyl sites for hydroxylation is 2. The Hall–Kier alpha value is -4.43.